The van der Waals surface area contributed by atoms with Gasteiger partial charge in [0.1, 0.15) is 16.5 Å². The van der Waals surface area contributed by atoms with Gasteiger partial charge in [-0.25, -0.2) is 9.97 Å². The summed E-state index contributed by atoms with van der Waals surface area (Å²) in [5.74, 6) is 1.85. The summed E-state index contributed by atoms with van der Waals surface area (Å²) in [5, 5.41) is 6.86. The summed E-state index contributed by atoms with van der Waals surface area (Å²) in [5.41, 5.74) is 2.42. The van der Waals surface area contributed by atoms with Gasteiger partial charge in [-0.1, -0.05) is 37.3 Å². The molecule has 0 radical (unpaired) electrons. The molecule has 4 rings (SSSR count). The van der Waals surface area contributed by atoms with E-state index in [0.717, 1.165) is 67.7 Å². The van der Waals surface area contributed by atoms with Crippen LogP contribution in [0.5, 0.6) is 0 Å². The zero-order chi connectivity index (χ0) is 17.8. The van der Waals surface area contributed by atoms with Crippen LogP contribution in [0.25, 0.3) is 21.3 Å². The van der Waals surface area contributed by atoms with Crippen molar-refractivity contribution in [3.63, 3.8) is 0 Å². The van der Waals surface area contributed by atoms with Crippen molar-refractivity contribution < 1.29 is 4.74 Å². The number of nitrogens with zero attached hydrogens (tertiary/aromatic N) is 3. The van der Waals surface area contributed by atoms with Crippen molar-refractivity contribution in [1.82, 2.24) is 14.9 Å². The average Bonchev–Trinajstić information content (AvgIpc) is 3.12. The predicted molar refractivity (Wildman–Crippen MR) is 108 cm³/mol. The minimum atomic E-state index is 0.776. The third-order valence-electron chi connectivity index (χ3n) is 4.58. The maximum absolute atomic E-state index is 5.44. The molecule has 1 fully saturated rings. The Bertz CT molecular complexity index is 859. The number of benzene rings is 1. The molecule has 2 aromatic heterocycles. The van der Waals surface area contributed by atoms with E-state index in [0.29, 0.717) is 0 Å². The fourth-order valence-corrected chi connectivity index (χ4v) is 4.18. The first kappa shape index (κ1) is 17.4. The van der Waals surface area contributed by atoms with E-state index in [2.05, 4.69) is 46.8 Å². The summed E-state index contributed by atoms with van der Waals surface area (Å²) in [6.07, 6.45) is 1.06. The molecule has 1 aliphatic heterocycles. The Morgan fingerprint density at radius 2 is 1.96 bits per heavy atom. The van der Waals surface area contributed by atoms with Crippen molar-refractivity contribution in [2.75, 3.05) is 38.2 Å². The Hall–Kier alpha value is -2.02. The van der Waals surface area contributed by atoms with E-state index in [1.54, 1.807) is 11.3 Å². The Morgan fingerprint density at radius 1 is 1.15 bits per heavy atom. The van der Waals surface area contributed by atoms with E-state index in [-0.39, 0.29) is 0 Å². The highest BCUT2D eigenvalue weighted by Crippen LogP contribution is 2.37. The van der Waals surface area contributed by atoms with Gasteiger partial charge in [-0.15, -0.1) is 11.3 Å². The summed E-state index contributed by atoms with van der Waals surface area (Å²) in [7, 11) is 0. The Labute approximate surface area is 158 Å². The van der Waals surface area contributed by atoms with Crippen molar-refractivity contribution >= 4 is 27.4 Å². The standard InChI is InChI=1S/C20H24N4OS/c1-2-8-21-19-18-16(15-6-4-3-5-7-15)14-26-20(18)23-17(22-19)13-24-9-11-25-12-10-24/h3-7,14H,2,8-13H2,1H3,(H,21,22,23). The van der Waals surface area contributed by atoms with Crippen LogP contribution in [0.3, 0.4) is 0 Å². The van der Waals surface area contributed by atoms with Crippen LogP contribution in [0.4, 0.5) is 5.82 Å². The van der Waals surface area contributed by atoms with Crippen LogP contribution in [0.2, 0.25) is 0 Å². The Morgan fingerprint density at radius 3 is 2.73 bits per heavy atom. The molecule has 0 unspecified atom stereocenters. The second-order valence-corrected chi connectivity index (χ2v) is 7.36. The number of ether oxygens (including phenoxy) is 1. The van der Waals surface area contributed by atoms with Crippen molar-refractivity contribution in [2.45, 2.75) is 19.9 Å². The van der Waals surface area contributed by atoms with E-state index in [9.17, 15) is 0 Å². The number of anilines is 1. The lowest BCUT2D eigenvalue weighted by atomic mass is 10.1. The summed E-state index contributed by atoms with van der Waals surface area (Å²) in [6, 6.07) is 10.5. The highest BCUT2D eigenvalue weighted by molar-refractivity contribution is 7.17. The molecule has 0 bridgehead atoms. The average molecular weight is 369 g/mol. The molecule has 0 spiro atoms. The highest BCUT2D eigenvalue weighted by Gasteiger charge is 2.17. The Kier molecular flexibility index (Phi) is 5.43. The summed E-state index contributed by atoms with van der Waals surface area (Å²) < 4.78 is 5.44. The van der Waals surface area contributed by atoms with Gasteiger partial charge in [-0.2, -0.15) is 0 Å². The summed E-state index contributed by atoms with van der Waals surface area (Å²) >= 11 is 1.70. The number of hydrogen-bond acceptors (Lipinski definition) is 6. The number of rotatable bonds is 6. The van der Waals surface area contributed by atoms with Gasteiger partial charge in [0.15, 0.2) is 0 Å². The third-order valence-corrected chi connectivity index (χ3v) is 5.45. The van der Waals surface area contributed by atoms with Crippen molar-refractivity contribution in [1.29, 1.82) is 0 Å². The van der Waals surface area contributed by atoms with Gasteiger partial charge in [0.2, 0.25) is 0 Å². The minimum absolute atomic E-state index is 0.776. The fraction of sp³-hybridized carbons (Fsp3) is 0.400. The molecule has 3 aromatic rings. The van der Waals surface area contributed by atoms with E-state index >= 15 is 0 Å². The van der Waals surface area contributed by atoms with Gasteiger partial charge in [-0.3, -0.25) is 4.90 Å². The zero-order valence-electron chi connectivity index (χ0n) is 15.1. The third kappa shape index (κ3) is 3.72. The van der Waals surface area contributed by atoms with Crippen LogP contribution < -0.4 is 5.32 Å². The van der Waals surface area contributed by atoms with Crippen LogP contribution in [-0.4, -0.2) is 47.7 Å². The topological polar surface area (TPSA) is 50.3 Å². The molecule has 0 saturated carbocycles. The summed E-state index contributed by atoms with van der Waals surface area (Å²) in [6.45, 7) is 7.33. The van der Waals surface area contributed by atoms with Gasteiger partial charge < -0.3 is 10.1 Å². The second kappa shape index (κ2) is 8.12. The molecule has 3 heterocycles. The largest absolute Gasteiger partial charge is 0.379 e. The van der Waals surface area contributed by atoms with Crippen LogP contribution in [-0.2, 0) is 11.3 Å². The molecule has 6 heteroatoms. The number of morpholine rings is 1. The first-order chi connectivity index (χ1) is 12.8. The lowest BCUT2D eigenvalue weighted by molar-refractivity contribution is 0.0331. The van der Waals surface area contributed by atoms with Gasteiger partial charge in [0.05, 0.1) is 25.1 Å². The predicted octanol–water partition coefficient (Wildman–Crippen LogP) is 4.01. The van der Waals surface area contributed by atoms with Gasteiger partial charge in [0.25, 0.3) is 0 Å². The molecule has 0 aliphatic carbocycles. The maximum Gasteiger partial charge on any atom is 0.146 e. The maximum atomic E-state index is 5.44. The molecule has 26 heavy (non-hydrogen) atoms. The molecule has 1 aromatic carbocycles. The number of aromatic nitrogens is 2. The van der Waals surface area contributed by atoms with Crippen molar-refractivity contribution in [3.05, 3.63) is 41.5 Å². The van der Waals surface area contributed by atoms with Crippen molar-refractivity contribution in [2.24, 2.45) is 0 Å². The minimum Gasteiger partial charge on any atom is -0.379 e. The molecule has 1 saturated heterocycles. The number of hydrogen-bond donors (Lipinski definition) is 1. The molecule has 0 amide bonds. The summed E-state index contributed by atoms with van der Waals surface area (Å²) in [4.78, 5) is 13.2. The van der Waals surface area contributed by atoms with Crippen molar-refractivity contribution in [3.8, 4) is 11.1 Å². The van der Waals surface area contributed by atoms with Gasteiger partial charge in [0, 0.05) is 30.6 Å². The van der Waals surface area contributed by atoms with E-state index in [1.807, 2.05) is 6.07 Å². The van der Waals surface area contributed by atoms with E-state index in [4.69, 9.17) is 14.7 Å². The van der Waals surface area contributed by atoms with Crippen LogP contribution in [0.1, 0.15) is 19.2 Å². The molecule has 1 N–H and O–H groups in total. The van der Waals surface area contributed by atoms with E-state index < -0.39 is 0 Å². The van der Waals surface area contributed by atoms with Crippen LogP contribution in [0.15, 0.2) is 35.7 Å². The number of thiophene rings is 1. The monoisotopic (exact) mass is 368 g/mol. The fourth-order valence-electron chi connectivity index (χ4n) is 3.22. The quantitative estimate of drug-likeness (QED) is 0.712. The highest BCUT2D eigenvalue weighted by atomic mass is 32.1. The SMILES string of the molecule is CCCNc1nc(CN2CCOCC2)nc2scc(-c3ccccc3)c12. The number of nitrogens with one attached hydrogen (secondary N) is 1. The molecule has 1 aliphatic rings. The second-order valence-electron chi connectivity index (χ2n) is 6.50. The van der Waals surface area contributed by atoms with Gasteiger partial charge >= 0.3 is 0 Å². The lowest BCUT2D eigenvalue weighted by Gasteiger charge is -2.25. The molecule has 5 nitrogen and oxygen atoms in total. The molecule has 136 valence electrons. The lowest BCUT2D eigenvalue weighted by Crippen LogP contribution is -2.36. The smallest absolute Gasteiger partial charge is 0.146 e. The molecule has 0 atom stereocenters. The van der Waals surface area contributed by atoms with Crippen LogP contribution >= 0.6 is 11.3 Å². The van der Waals surface area contributed by atoms with Gasteiger partial charge in [-0.05, 0) is 12.0 Å². The first-order valence-corrected chi connectivity index (χ1v) is 10.1. The molecular weight excluding hydrogens is 344 g/mol. The van der Waals surface area contributed by atoms with E-state index in [1.165, 1.54) is 11.1 Å². The number of fused-ring (bicyclic) bond motifs is 1. The Balaban J connectivity index is 1.72. The first-order valence-electron chi connectivity index (χ1n) is 9.22. The van der Waals surface area contributed by atoms with Crippen LogP contribution in [0, 0.1) is 0 Å². The normalized spacial score (nSPS) is 15.4. The zero-order valence-corrected chi connectivity index (χ0v) is 15.9. The molecular formula is C20H24N4OS.